The van der Waals surface area contributed by atoms with Crippen LogP contribution < -0.4 is 0 Å². The molecule has 1 aromatic carbocycles. The maximum atomic E-state index is 10.6. The fourth-order valence-electron chi connectivity index (χ4n) is 0.991. The normalized spacial score (nSPS) is 11.7. The second-order valence-electron chi connectivity index (χ2n) is 3.02. The summed E-state index contributed by atoms with van der Waals surface area (Å²) in [6, 6.07) is 1.46. The second-order valence-corrected chi connectivity index (χ2v) is 4.56. The molecular formula is C10H6Cl4O2. The molecule has 0 radical (unpaired) electrons. The summed E-state index contributed by atoms with van der Waals surface area (Å²) in [5.74, 6) is -1.04. The fourth-order valence-corrected chi connectivity index (χ4v) is 1.86. The third-order valence-corrected chi connectivity index (χ3v) is 3.61. The van der Waals surface area contributed by atoms with Gasteiger partial charge in [0.25, 0.3) is 0 Å². The minimum absolute atomic E-state index is 0.111. The van der Waals surface area contributed by atoms with Gasteiger partial charge >= 0.3 is 5.97 Å². The molecule has 0 atom stereocenters. The van der Waals surface area contributed by atoms with Crippen LogP contribution in [0.2, 0.25) is 20.1 Å². The van der Waals surface area contributed by atoms with E-state index in [0.717, 1.165) is 0 Å². The monoisotopic (exact) mass is 298 g/mol. The fraction of sp³-hybridized carbons (Fsp3) is 0.100. The summed E-state index contributed by atoms with van der Waals surface area (Å²) in [6.45, 7) is 1.44. The Morgan fingerprint density at radius 2 is 1.75 bits per heavy atom. The van der Waals surface area contributed by atoms with Crippen molar-refractivity contribution in [2.45, 2.75) is 6.92 Å². The Labute approximate surface area is 112 Å². The van der Waals surface area contributed by atoms with E-state index in [1.807, 2.05) is 0 Å². The molecular weight excluding hydrogens is 294 g/mol. The SMILES string of the molecule is C/C(=C\c1cc(Cl)c(Cl)c(Cl)c1Cl)C(=O)O. The number of halogens is 4. The Bertz CT molecular complexity index is 480. The van der Waals surface area contributed by atoms with Gasteiger partial charge in [-0.15, -0.1) is 0 Å². The van der Waals surface area contributed by atoms with Gasteiger partial charge in [0.1, 0.15) is 0 Å². The van der Waals surface area contributed by atoms with Gasteiger partial charge in [-0.05, 0) is 24.6 Å². The first-order valence-electron chi connectivity index (χ1n) is 4.09. The van der Waals surface area contributed by atoms with E-state index in [1.54, 1.807) is 0 Å². The largest absolute Gasteiger partial charge is 0.478 e. The van der Waals surface area contributed by atoms with Gasteiger partial charge in [0.15, 0.2) is 0 Å². The maximum Gasteiger partial charge on any atom is 0.331 e. The zero-order chi connectivity index (χ0) is 12.5. The molecule has 0 heterocycles. The van der Waals surface area contributed by atoms with Crippen molar-refractivity contribution in [2.75, 3.05) is 0 Å². The number of carbonyl (C=O) groups is 1. The first-order valence-corrected chi connectivity index (χ1v) is 5.60. The number of hydrogen-bond donors (Lipinski definition) is 1. The highest BCUT2D eigenvalue weighted by molar-refractivity contribution is 6.52. The van der Waals surface area contributed by atoms with Gasteiger partial charge < -0.3 is 5.11 Å². The van der Waals surface area contributed by atoms with Gasteiger partial charge in [0, 0.05) is 5.57 Å². The summed E-state index contributed by atoms with van der Waals surface area (Å²) in [5.41, 5.74) is 0.539. The maximum absolute atomic E-state index is 10.6. The topological polar surface area (TPSA) is 37.3 Å². The predicted molar refractivity (Wildman–Crippen MR) is 67.8 cm³/mol. The molecule has 0 unspecified atom stereocenters. The van der Waals surface area contributed by atoms with Crippen LogP contribution in [-0.4, -0.2) is 11.1 Å². The smallest absolute Gasteiger partial charge is 0.331 e. The molecule has 0 saturated carbocycles. The van der Waals surface area contributed by atoms with Crippen LogP contribution >= 0.6 is 46.4 Å². The first-order chi connectivity index (χ1) is 7.34. The minimum atomic E-state index is -1.04. The molecule has 1 rings (SSSR count). The zero-order valence-corrected chi connectivity index (χ0v) is 11.0. The third-order valence-electron chi connectivity index (χ3n) is 1.84. The molecule has 1 aromatic rings. The van der Waals surface area contributed by atoms with Crippen LogP contribution in [0.3, 0.4) is 0 Å². The Morgan fingerprint density at radius 1 is 1.19 bits per heavy atom. The quantitative estimate of drug-likeness (QED) is 0.484. The van der Waals surface area contributed by atoms with E-state index in [1.165, 1.54) is 19.1 Å². The Kier molecular flexibility index (Phi) is 4.51. The van der Waals surface area contributed by atoms with E-state index in [-0.39, 0.29) is 25.7 Å². The summed E-state index contributed by atoms with van der Waals surface area (Å²) < 4.78 is 0. The molecule has 0 spiro atoms. The molecule has 0 saturated heterocycles. The zero-order valence-electron chi connectivity index (χ0n) is 8.02. The Morgan fingerprint density at radius 3 is 2.25 bits per heavy atom. The lowest BCUT2D eigenvalue weighted by Gasteiger charge is -2.06. The average molecular weight is 300 g/mol. The summed E-state index contributed by atoms with van der Waals surface area (Å²) in [5, 5.41) is 9.39. The summed E-state index contributed by atoms with van der Waals surface area (Å²) >= 11 is 23.3. The highest BCUT2D eigenvalue weighted by Crippen LogP contribution is 2.38. The number of rotatable bonds is 2. The van der Waals surface area contributed by atoms with Crippen molar-refractivity contribution in [3.05, 3.63) is 37.3 Å². The van der Waals surface area contributed by atoms with Crippen molar-refractivity contribution in [1.29, 1.82) is 0 Å². The van der Waals surface area contributed by atoms with Gasteiger partial charge in [-0.1, -0.05) is 46.4 Å². The molecule has 6 heteroatoms. The van der Waals surface area contributed by atoms with Crippen molar-refractivity contribution in [3.8, 4) is 0 Å². The van der Waals surface area contributed by atoms with Crippen molar-refractivity contribution in [3.63, 3.8) is 0 Å². The second kappa shape index (κ2) is 5.28. The number of aliphatic carboxylic acids is 1. The van der Waals surface area contributed by atoms with Crippen LogP contribution in [-0.2, 0) is 4.79 Å². The van der Waals surface area contributed by atoms with Gasteiger partial charge in [-0.3, -0.25) is 0 Å². The summed E-state index contributed by atoms with van der Waals surface area (Å²) in [7, 11) is 0. The molecule has 2 nitrogen and oxygen atoms in total. The molecule has 0 bridgehead atoms. The summed E-state index contributed by atoms with van der Waals surface area (Å²) in [4.78, 5) is 10.6. The minimum Gasteiger partial charge on any atom is -0.478 e. The van der Waals surface area contributed by atoms with E-state index in [0.29, 0.717) is 5.56 Å². The molecule has 0 aliphatic heterocycles. The molecule has 0 aliphatic carbocycles. The lowest BCUT2D eigenvalue weighted by molar-refractivity contribution is -0.132. The van der Waals surface area contributed by atoms with Gasteiger partial charge in [-0.2, -0.15) is 0 Å². The molecule has 0 aromatic heterocycles. The van der Waals surface area contributed by atoms with Crippen LogP contribution in [0, 0.1) is 0 Å². The third kappa shape index (κ3) is 2.83. The van der Waals surface area contributed by atoms with Crippen LogP contribution in [0.15, 0.2) is 11.6 Å². The molecule has 0 aliphatic rings. The van der Waals surface area contributed by atoms with Crippen LogP contribution in [0.5, 0.6) is 0 Å². The first kappa shape index (κ1) is 13.7. The molecule has 16 heavy (non-hydrogen) atoms. The lowest BCUT2D eigenvalue weighted by Crippen LogP contribution is -1.95. The van der Waals surface area contributed by atoms with Crippen molar-refractivity contribution >= 4 is 58.4 Å². The van der Waals surface area contributed by atoms with E-state index < -0.39 is 5.97 Å². The molecule has 0 fully saturated rings. The highest BCUT2D eigenvalue weighted by Gasteiger charge is 2.12. The predicted octanol–water partition coefficient (Wildman–Crippen LogP) is 4.79. The molecule has 0 amide bonds. The van der Waals surface area contributed by atoms with E-state index in [9.17, 15) is 4.79 Å². The number of hydrogen-bond acceptors (Lipinski definition) is 1. The summed E-state index contributed by atoms with van der Waals surface area (Å²) in [6.07, 6.45) is 1.37. The van der Waals surface area contributed by atoms with Gasteiger partial charge in [0.05, 0.1) is 20.1 Å². The highest BCUT2D eigenvalue weighted by atomic mass is 35.5. The number of carboxylic acid groups (broad SMARTS) is 1. The lowest BCUT2D eigenvalue weighted by atomic mass is 10.1. The molecule has 1 N–H and O–H groups in total. The van der Waals surface area contributed by atoms with Crippen molar-refractivity contribution in [1.82, 2.24) is 0 Å². The molecule has 86 valence electrons. The van der Waals surface area contributed by atoms with E-state index >= 15 is 0 Å². The average Bonchev–Trinajstić information content (AvgIpc) is 2.22. The van der Waals surface area contributed by atoms with E-state index in [2.05, 4.69) is 0 Å². The van der Waals surface area contributed by atoms with Crippen LogP contribution in [0.4, 0.5) is 0 Å². The van der Waals surface area contributed by atoms with Crippen molar-refractivity contribution < 1.29 is 9.90 Å². The van der Waals surface area contributed by atoms with Gasteiger partial charge in [-0.25, -0.2) is 4.79 Å². The standard InChI is InChI=1S/C10H6Cl4O2/c1-4(10(15)16)2-5-3-6(11)8(13)9(14)7(5)12/h2-3H,1H3,(H,15,16)/b4-2+. The van der Waals surface area contributed by atoms with Crippen LogP contribution in [0.25, 0.3) is 6.08 Å². The van der Waals surface area contributed by atoms with E-state index in [4.69, 9.17) is 51.5 Å². The Hall–Kier alpha value is -0.410. The van der Waals surface area contributed by atoms with Gasteiger partial charge in [0.2, 0.25) is 0 Å². The number of carboxylic acids is 1. The van der Waals surface area contributed by atoms with Crippen molar-refractivity contribution in [2.24, 2.45) is 0 Å². The van der Waals surface area contributed by atoms with Crippen LogP contribution in [0.1, 0.15) is 12.5 Å². The Balaban J connectivity index is 3.37. The number of benzene rings is 1.